The molecule has 3 amide bonds. The van der Waals surface area contributed by atoms with Crippen LogP contribution in [0.2, 0.25) is 0 Å². The van der Waals surface area contributed by atoms with Gasteiger partial charge in [0.25, 0.3) is 0 Å². The summed E-state index contributed by atoms with van der Waals surface area (Å²) in [4.78, 5) is 95.4. The normalized spacial score (nSPS) is 21.5. The number of carbonyl (C=O) groups excluding carboxylic acids is 7. The van der Waals surface area contributed by atoms with Gasteiger partial charge in [0.1, 0.15) is 11.8 Å². The molecule has 53 heavy (non-hydrogen) atoms. The van der Waals surface area contributed by atoms with Gasteiger partial charge in [-0.2, -0.15) is 0 Å². The summed E-state index contributed by atoms with van der Waals surface area (Å²) in [6.07, 6.45) is 8.69. The lowest BCUT2D eigenvalue weighted by atomic mass is 9.76. The van der Waals surface area contributed by atoms with E-state index in [0.29, 0.717) is 18.4 Å². The Morgan fingerprint density at radius 2 is 1.51 bits per heavy atom. The number of nitrogens with zero attached hydrogens (tertiary/aromatic N) is 1. The Labute approximate surface area is 314 Å². The smallest absolute Gasteiger partial charge is 0.244 e. The highest BCUT2D eigenvalue weighted by atomic mass is 16.5. The van der Waals surface area contributed by atoms with Crippen molar-refractivity contribution in [2.24, 2.45) is 29.4 Å². The first-order chi connectivity index (χ1) is 25.2. The van der Waals surface area contributed by atoms with Gasteiger partial charge >= 0.3 is 0 Å². The van der Waals surface area contributed by atoms with E-state index in [2.05, 4.69) is 5.32 Å². The van der Waals surface area contributed by atoms with Crippen molar-refractivity contribution in [2.75, 3.05) is 6.54 Å². The summed E-state index contributed by atoms with van der Waals surface area (Å²) in [7, 11) is 0. The third kappa shape index (κ3) is 12.1. The quantitative estimate of drug-likeness (QED) is 0.169. The number of carbonyl (C=O) groups is 7. The molecule has 11 nitrogen and oxygen atoms in total. The van der Waals surface area contributed by atoms with Crippen molar-refractivity contribution in [3.8, 4) is 0 Å². The molecule has 0 bridgehead atoms. The van der Waals surface area contributed by atoms with Gasteiger partial charge in [-0.25, -0.2) is 0 Å². The minimum Gasteiger partial charge on any atom is -0.371 e. The largest absolute Gasteiger partial charge is 0.371 e. The fourth-order valence-electron chi connectivity index (χ4n) is 8.60. The van der Waals surface area contributed by atoms with Gasteiger partial charge in [-0.15, -0.1) is 0 Å². The number of amides is 3. The molecule has 3 aliphatic rings. The molecular formula is C42H61N3O8. The molecule has 1 heterocycles. The molecule has 4 rings (SSSR count). The summed E-state index contributed by atoms with van der Waals surface area (Å²) in [5.74, 6) is -4.48. The monoisotopic (exact) mass is 735 g/mol. The Balaban J connectivity index is 1.46. The standard InChI is InChI=1S/C42H61N3O8/c1-5-14-30(39(50)34(46)21-22-37(49)44-38(40(43)51)29-19-10-7-11-20-29)23-36(48)33-24-31(53-42(2,3)4)26-45(33)41(52)32(27-15-8-6-9-16-27)25-35(47)28-17-12-13-18-28/h7,10-11,19-20,27-28,30-33,38H,5-6,8-9,12-18,21-26H2,1-4H3,(H2,43,51)(H,44,49)/t30?,31-,32+,33+,38+/m1/s1. The van der Waals surface area contributed by atoms with Crippen molar-refractivity contribution in [3.63, 3.8) is 0 Å². The van der Waals surface area contributed by atoms with Gasteiger partial charge in [0.05, 0.1) is 17.7 Å². The van der Waals surface area contributed by atoms with E-state index in [9.17, 15) is 33.6 Å². The molecule has 1 aromatic carbocycles. The molecule has 3 fully saturated rings. The van der Waals surface area contributed by atoms with E-state index in [1.165, 1.54) is 0 Å². The Bertz CT molecular complexity index is 1460. The maximum absolute atomic E-state index is 14.6. The Kier molecular flexibility index (Phi) is 15.5. The molecule has 292 valence electrons. The first kappa shape index (κ1) is 42.0. The summed E-state index contributed by atoms with van der Waals surface area (Å²) in [5, 5.41) is 2.54. The Hall–Kier alpha value is -3.73. The molecule has 3 N–H and O–H groups in total. The van der Waals surface area contributed by atoms with Gasteiger partial charge < -0.3 is 20.7 Å². The van der Waals surface area contributed by atoms with E-state index in [-0.39, 0.29) is 68.0 Å². The first-order valence-corrected chi connectivity index (χ1v) is 19.9. The molecule has 0 aromatic heterocycles. The van der Waals surface area contributed by atoms with E-state index in [0.717, 1.165) is 57.8 Å². The van der Waals surface area contributed by atoms with Crippen LogP contribution in [0.1, 0.15) is 142 Å². The van der Waals surface area contributed by atoms with Crippen LogP contribution >= 0.6 is 0 Å². The van der Waals surface area contributed by atoms with Gasteiger partial charge in [-0.1, -0.05) is 75.8 Å². The van der Waals surface area contributed by atoms with Crippen LogP contribution in [0, 0.1) is 23.7 Å². The van der Waals surface area contributed by atoms with Crippen LogP contribution < -0.4 is 11.1 Å². The highest BCUT2D eigenvalue weighted by Crippen LogP contribution is 2.38. The minimum absolute atomic E-state index is 0.000241. The SMILES string of the molecule is CCCC(CC(=O)[C@@H]1C[C@@H](OC(C)(C)C)CN1C(=O)[C@@H](CC(=O)C1CCCC1)C1CCCCC1)C(=O)C(=O)CCC(=O)N[C@H](C(N)=O)c1ccccc1. The highest BCUT2D eigenvalue weighted by molar-refractivity contribution is 6.38. The second kappa shape index (κ2) is 19.6. The topological polar surface area (TPSA) is 170 Å². The number of nitrogens with two attached hydrogens (primary N) is 1. The van der Waals surface area contributed by atoms with Crippen LogP contribution in [-0.2, 0) is 38.3 Å². The molecule has 1 saturated heterocycles. The van der Waals surface area contributed by atoms with Gasteiger partial charge in [0.2, 0.25) is 23.5 Å². The van der Waals surface area contributed by atoms with Gasteiger partial charge in [-0.3, -0.25) is 33.6 Å². The van der Waals surface area contributed by atoms with Crippen LogP contribution in [0.15, 0.2) is 30.3 Å². The predicted molar refractivity (Wildman–Crippen MR) is 200 cm³/mol. The van der Waals surface area contributed by atoms with Crippen molar-refractivity contribution in [1.29, 1.82) is 0 Å². The van der Waals surface area contributed by atoms with E-state index in [1.54, 1.807) is 35.2 Å². The summed E-state index contributed by atoms with van der Waals surface area (Å²) >= 11 is 0. The number of rotatable bonds is 19. The molecule has 1 aliphatic heterocycles. The Morgan fingerprint density at radius 3 is 2.11 bits per heavy atom. The fraction of sp³-hybridized carbons (Fsp3) is 0.690. The molecule has 0 radical (unpaired) electrons. The van der Waals surface area contributed by atoms with Crippen LogP contribution in [0.5, 0.6) is 0 Å². The molecule has 5 atom stereocenters. The summed E-state index contributed by atoms with van der Waals surface area (Å²) in [5.41, 5.74) is 5.49. The summed E-state index contributed by atoms with van der Waals surface area (Å²) in [6, 6.07) is 6.57. The molecule has 0 spiro atoms. The van der Waals surface area contributed by atoms with Crippen LogP contribution in [0.25, 0.3) is 0 Å². The number of likely N-dealkylation sites (tertiary alicyclic amines) is 1. The van der Waals surface area contributed by atoms with E-state index in [1.807, 2.05) is 27.7 Å². The van der Waals surface area contributed by atoms with Gasteiger partial charge in [-0.05, 0) is 64.4 Å². The zero-order valence-electron chi connectivity index (χ0n) is 32.2. The molecular weight excluding hydrogens is 674 g/mol. The molecule has 1 unspecified atom stereocenters. The van der Waals surface area contributed by atoms with Crippen LogP contribution in [-0.4, -0.2) is 70.0 Å². The number of Topliss-reactive ketones (excluding diaryl/α,β-unsaturated/α-hetero) is 4. The van der Waals surface area contributed by atoms with Crippen LogP contribution in [0.4, 0.5) is 0 Å². The lowest BCUT2D eigenvalue weighted by Gasteiger charge is -2.34. The van der Waals surface area contributed by atoms with E-state index in [4.69, 9.17) is 10.5 Å². The zero-order chi connectivity index (χ0) is 38.7. The lowest BCUT2D eigenvalue weighted by molar-refractivity contribution is -0.146. The lowest BCUT2D eigenvalue weighted by Crippen LogP contribution is -2.47. The molecule has 2 saturated carbocycles. The number of nitrogens with one attached hydrogen (secondary N) is 1. The number of benzene rings is 1. The Morgan fingerprint density at radius 1 is 0.868 bits per heavy atom. The van der Waals surface area contributed by atoms with Gasteiger partial charge in [0.15, 0.2) is 11.6 Å². The summed E-state index contributed by atoms with van der Waals surface area (Å²) < 4.78 is 6.31. The van der Waals surface area contributed by atoms with Crippen molar-refractivity contribution >= 4 is 40.9 Å². The van der Waals surface area contributed by atoms with E-state index >= 15 is 0 Å². The second-order valence-electron chi connectivity index (χ2n) is 16.5. The minimum atomic E-state index is -1.08. The average molecular weight is 736 g/mol. The predicted octanol–water partition coefficient (Wildman–Crippen LogP) is 5.75. The fourth-order valence-corrected chi connectivity index (χ4v) is 8.60. The van der Waals surface area contributed by atoms with Crippen LogP contribution in [0.3, 0.4) is 0 Å². The molecule has 11 heteroatoms. The van der Waals surface area contributed by atoms with E-state index < -0.39 is 59.0 Å². The average Bonchev–Trinajstić information content (AvgIpc) is 3.82. The van der Waals surface area contributed by atoms with Crippen molar-refractivity contribution in [1.82, 2.24) is 10.2 Å². The molecule has 1 aromatic rings. The number of ketones is 4. The number of ether oxygens (including phenoxy) is 1. The third-order valence-electron chi connectivity index (χ3n) is 11.2. The summed E-state index contributed by atoms with van der Waals surface area (Å²) in [6.45, 7) is 7.87. The van der Waals surface area contributed by atoms with Gasteiger partial charge in [0, 0.05) is 56.4 Å². The number of hydrogen-bond donors (Lipinski definition) is 2. The maximum Gasteiger partial charge on any atom is 0.244 e. The third-order valence-corrected chi connectivity index (χ3v) is 11.2. The molecule has 2 aliphatic carbocycles. The number of hydrogen-bond acceptors (Lipinski definition) is 8. The number of primary amides is 1. The zero-order valence-corrected chi connectivity index (χ0v) is 32.2. The second-order valence-corrected chi connectivity index (χ2v) is 16.5. The highest BCUT2D eigenvalue weighted by Gasteiger charge is 2.46. The first-order valence-electron chi connectivity index (χ1n) is 19.9. The van der Waals surface area contributed by atoms with Crippen molar-refractivity contribution in [2.45, 2.75) is 154 Å². The van der Waals surface area contributed by atoms with Crippen molar-refractivity contribution in [3.05, 3.63) is 35.9 Å². The maximum atomic E-state index is 14.6. The van der Waals surface area contributed by atoms with Crippen molar-refractivity contribution < 1.29 is 38.3 Å².